The predicted octanol–water partition coefficient (Wildman–Crippen LogP) is 3.67. The lowest BCUT2D eigenvalue weighted by Crippen LogP contribution is -2.06. The van der Waals surface area contributed by atoms with Gasteiger partial charge in [-0.1, -0.05) is 38.5 Å². The highest BCUT2D eigenvalue weighted by molar-refractivity contribution is 5.45. The van der Waals surface area contributed by atoms with E-state index in [1.807, 2.05) is 0 Å². The van der Waals surface area contributed by atoms with Crippen LogP contribution in [0.2, 0.25) is 0 Å². The van der Waals surface area contributed by atoms with E-state index in [1.54, 1.807) is 0 Å². The zero-order valence-corrected chi connectivity index (χ0v) is 8.65. The molecule has 0 atom stereocenters. The Morgan fingerprint density at radius 3 is 2.00 bits per heavy atom. The van der Waals surface area contributed by atoms with Crippen molar-refractivity contribution in [1.29, 1.82) is 0 Å². The molecule has 1 aliphatic rings. The topological polar surface area (TPSA) is 0 Å². The monoisotopic (exact) mass is 161 g/mol. The molecule has 65 valence electrons. The van der Waals surface area contributed by atoms with Crippen molar-refractivity contribution in [2.24, 2.45) is 5.41 Å². The van der Waals surface area contributed by atoms with Crippen LogP contribution in [0.5, 0.6) is 0 Å². The molecule has 0 saturated heterocycles. The number of rotatable bonds is 0. The Bertz CT molecular complexity index is 263. The average Bonchev–Trinajstić information content (AvgIpc) is 2.30. The standard InChI is InChI=1S/C12H17/c1-9(2)10-6-7-11(8-10)12(3,4)5/h6-7H,1-5H3. The second kappa shape index (κ2) is 2.93. The molecule has 0 fully saturated rings. The lowest BCUT2D eigenvalue weighted by atomic mass is 9.87. The molecule has 0 bridgehead atoms. The number of hydrogen-bond donors (Lipinski definition) is 0. The summed E-state index contributed by atoms with van der Waals surface area (Å²) in [6.45, 7) is 10.9. The van der Waals surface area contributed by atoms with Crippen LogP contribution in [0.4, 0.5) is 0 Å². The van der Waals surface area contributed by atoms with Gasteiger partial charge in [-0.05, 0) is 36.5 Å². The summed E-state index contributed by atoms with van der Waals surface area (Å²) in [6.07, 6.45) is 7.73. The third-order valence-corrected chi connectivity index (χ3v) is 2.03. The molecule has 0 nitrogen and oxygen atoms in total. The Balaban J connectivity index is 2.97. The normalized spacial score (nSPS) is 16.8. The van der Waals surface area contributed by atoms with E-state index in [9.17, 15) is 0 Å². The quantitative estimate of drug-likeness (QED) is 0.508. The van der Waals surface area contributed by atoms with Crippen molar-refractivity contribution < 1.29 is 0 Å². The molecule has 0 aromatic rings. The summed E-state index contributed by atoms with van der Waals surface area (Å²) >= 11 is 0. The first-order chi connectivity index (χ1) is 5.41. The molecule has 0 spiro atoms. The van der Waals surface area contributed by atoms with E-state index in [0.29, 0.717) is 0 Å². The van der Waals surface area contributed by atoms with Gasteiger partial charge in [-0.2, -0.15) is 0 Å². The van der Waals surface area contributed by atoms with Gasteiger partial charge in [-0.25, -0.2) is 0 Å². The maximum Gasteiger partial charge on any atom is -0.00657 e. The summed E-state index contributed by atoms with van der Waals surface area (Å²) in [5.41, 5.74) is 4.12. The molecule has 0 saturated carbocycles. The predicted molar refractivity (Wildman–Crippen MR) is 53.7 cm³/mol. The van der Waals surface area contributed by atoms with Crippen molar-refractivity contribution in [2.45, 2.75) is 34.6 Å². The summed E-state index contributed by atoms with van der Waals surface area (Å²) in [5, 5.41) is 0. The molecule has 0 aliphatic heterocycles. The Kier molecular flexibility index (Phi) is 2.27. The Morgan fingerprint density at radius 1 is 1.17 bits per heavy atom. The summed E-state index contributed by atoms with van der Waals surface area (Å²) in [5.74, 6) is 0. The van der Waals surface area contributed by atoms with Crippen molar-refractivity contribution in [3.63, 3.8) is 0 Å². The van der Waals surface area contributed by atoms with Crippen LogP contribution in [-0.2, 0) is 0 Å². The van der Waals surface area contributed by atoms with Gasteiger partial charge in [-0.15, -0.1) is 0 Å². The average molecular weight is 161 g/mol. The van der Waals surface area contributed by atoms with Gasteiger partial charge in [-0.3, -0.25) is 0 Å². The van der Waals surface area contributed by atoms with Gasteiger partial charge in [0.05, 0.1) is 0 Å². The molecule has 0 aromatic carbocycles. The highest BCUT2D eigenvalue weighted by Gasteiger charge is 2.18. The fourth-order valence-corrected chi connectivity index (χ4v) is 1.12. The van der Waals surface area contributed by atoms with E-state index >= 15 is 0 Å². The smallest absolute Gasteiger partial charge is 0.00657 e. The molecule has 1 rings (SSSR count). The summed E-state index contributed by atoms with van der Waals surface area (Å²) in [4.78, 5) is 0. The minimum absolute atomic E-state index is 0.230. The third kappa shape index (κ3) is 1.88. The zero-order chi connectivity index (χ0) is 9.35. The molecule has 1 aliphatic carbocycles. The molecule has 0 heterocycles. The van der Waals surface area contributed by atoms with Crippen LogP contribution in [0.15, 0.2) is 28.9 Å². The molecular weight excluding hydrogens is 144 g/mol. The number of hydrogen-bond acceptors (Lipinski definition) is 0. The van der Waals surface area contributed by atoms with E-state index in [-0.39, 0.29) is 5.41 Å². The van der Waals surface area contributed by atoms with Gasteiger partial charge in [0.2, 0.25) is 0 Å². The lowest BCUT2D eigenvalue weighted by Gasteiger charge is -2.17. The minimum Gasteiger partial charge on any atom is -0.0686 e. The van der Waals surface area contributed by atoms with E-state index in [2.05, 4.69) is 52.8 Å². The van der Waals surface area contributed by atoms with Gasteiger partial charge >= 0.3 is 0 Å². The maximum absolute atomic E-state index is 3.42. The molecule has 0 unspecified atom stereocenters. The van der Waals surface area contributed by atoms with Crippen LogP contribution >= 0.6 is 0 Å². The molecule has 0 N–H and O–H groups in total. The Labute approximate surface area is 75.7 Å². The lowest BCUT2D eigenvalue weighted by molar-refractivity contribution is 0.516. The Morgan fingerprint density at radius 2 is 1.75 bits per heavy atom. The second-order valence-corrected chi connectivity index (χ2v) is 4.54. The van der Waals surface area contributed by atoms with Crippen molar-refractivity contribution >= 4 is 0 Å². The molecule has 0 heteroatoms. The third-order valence-electron chi connectivity index (χ3n) is 2.03. The van der Waals surface area contributed by atoms with Crippen LogP contribution in [0.1, 0.15) is 34.6 Å². The molecule has 12 heavy (non-hydrogen) atoms. The number of allylic oxidation sites excluding steroid dienone is 6. The fourth-order valence-electron chi connectivity index (χ4n) is 1.12. The SMILES string of the molecule is CC(C)=C1[C]=C(C(C)(C)C)C=C1. The van der Waals surface area contributed by atoms with Crippen LogP contribution in [-0.4, -0.2) is 0 Å². The first kappa shape index (κ1) is 9.31. The molecule has 1 radical (unpaired) electrons. The van der Waals surface area contributed by atoms with E-state index in [4.69, 9.17) is 0 Å². The molecular formula is C12H17. The van der Waals surface area contributed by atoms with Crippen LogP contribution in [0, 0.1) is 11.5 Å². The van der Waals surface area contributed by atoms with Crippen LogP contribution in [0.3, 0.4) is 0 Å². The van der Waals surface area contributed by atoms with Gasteiger partial charge in [0.25, 0.3) is 0 Å². The van der Waals surface area contributed by atoms with E-state index in [0.717, 1.165) is 0 Å². The van der Waals surface area contributed by atoms with E-state index in [1.165, 1.54) is 16.7 Å². The van der Waals surface area contributed by atoms with Crippen molar-refractivity contribution in [1.82, 2.24) is 0 Å². The van der Waals surface area contributed by atoms with Crippen LogP contribution < -0.4 is 0 Å². The van der Waals surface area contributed by atoms with Crippen LogP contribution in [0.25, 0.3) is 0 Å². The minimum atomic E-state index is 0.230. The first-order valence-corrected chi connectivity index (χ1v) is 4.41. The maximum atomic E-state index is 3.42. The first-order valence-electron chi connectivity index (χ1n) is 4.41. The zero-order valence-electron chi connectivity index (χ0n) is 8.65. The van der Waals surface area contributed by atoms with Gasteiger partial charge in [0, 0.05) is 0 Å². The van der Waals surface area contributed by atoms with Gasteiger partial charge in [0.15, 0.2) is 0 Å². The Hall–Kier alpha value is -0.780. The van der Waals surface area contributed by atoms with Crippen molar-refractivity contribution in [3.05, 3.63) is 34.9 Å². The largest absolute Gasteiger partial charge is 0.0686 e. The fraction of sp³-hybridized carbons (Fsp3) is 0.500. The highest BCUT2D eigenvalue weighted by Crippen LogP contribution is 2.31. The summed E-state index contributed by atoms with van der Waals surface area (Å²) in [7, 11) is 0. The second-order valence-electron chi connectivity index (χ2n) is 4.54. The summed E-state index contributed by atoms with van der Waals surface area (Å²) < 4.78 is 0. The van der Waals surface area contributed by atoms with Gasteiger partial charge in [0.1, 0.15) is 0 Å². The molecule has 0 aromatic heterocycles. The van der Waals surface area contributed by atoms with Gasteiger partial charge < -0.3 is 0 Å². The highest BCUT2D eigenvalue weighted by atomic mass is 14.2. The van der Waals surface area contributed by atoms with E-state index < -0.39 is 0 Å². The molecule has 0 amide bonds. The summed E-state index contributed by atoms with van der Waals surface area (Å²) in [6, 6.07) is 0. The van der Waals surface area contributed by atoms with Crippen molar-refractivity contribution in [2.75, 3.05) is 0 Å². The van der Waals surface area contributed by atoms with Crippen molar-refractivity contribution in [3.8, 4) is 0 Å².